The van der Waals surface area contributed by atoms with E-state index in [1.54, 1.807) is 5.82 Å². The largest absolute Gasteiger partial charge is 0.540 e. The number of hydrogen-bond acceptors (Lipinski definition) is 2. The van der Waals surface area contributed by atoms with Gasteiger partial charge in [0.1, 0.15) is 0 Å². The van der Waals surface area contributed by atoms with Crippen molar-refractivity contribution in [2.24, 2.45) is 0 Å². The van der Waals surface area contributed by atoms with E-state index in [4.69, 9.17) is 0 Å². The summed E-state index contributed by atoms with van der Waals surface area (Å²) in [6.07, 6.45) is 3.77. The number of hydrogen-bond donors (Lipinski definition) is 0. The van der Waals surface area contributed by atoms with Crippen LogP contribution >= 0.6 is 8.03 Å². The fourth-order valence-corrected chi connectivity index (χ4v) is 1.56. The molecule has 0 bridgehead atoms. The molecule has 0 aromatic heterocycles. The smallest absolute Gasteiger partial charge is 0.146 e. The van der Waals surface area contributed by atoms with E-state index in [0.29, 0.717) is 0 Å². The van der Waals surface area contributed by atoms with Crippen LogP contribution in [0.4, 0.5) is 0 Å². The monoisotopic (exact) mass is 209 g/mol. The Kier molecular flexibility index (Phi) is 5.13. The minimum atomic E-state index is -1.59. The number of aryl methyl sites for hydroxylation is 1. The molecule has 0 fully saturated rings. The zero-order valence-electron chi connectivity index (χ0n) is 8.22. The average Bonchev–Trinajstić information content (AvgIpc) is 2.25. The first-order valence-electron chi connectivity index (χ1n) is 4.54. The van der Waals surface area contributed by atoms with E-state index in [1.807, 2.05) is 24.3 Å². The van der Waals surface area contributed by atoms with Gasteiger partial charge in [-0.05, 0) is 29.0 Å². The molecule has 0 aliphatic heterocycles. The lowest BCUT2D eigenvalue weighted by Crippen LogP contribution is -1.80. The predicted molar refractivity (Wildman–Crippen MR) is 58.5 cm³/mol. The fraction of sp³-hybridized carbons (Fsp3) is 0.273. The minimum Gasteiger partial charge on any atom is -0.146 e. The van der Waals surface area contributed by atoms with Gasteiger partial charge in [0.05, 0.1) is 7.11 Å². The van der Waals surface area contributed by atoms with Gasteiger partial charge >= 0.3 is 8.03 Å². The summed E-state index contributed by atoms with van der Waals surface area (Å²) in [5, 5.41) is 0. The van der Waals surface area contributed by atoms with Crippen molar-refractivity contribution in [3.8, 4) is 0 Å². The second kappa shape index (κ2) is 6.47. The Bertz CT molecular complexity index is 306. The molecule has 0 saturated carbocycles. The maximum Gasteiger partial charge on any atom is 0.540 e. The Morgan fingerprint density at radius 3 is 2.71 bits per heavy atom. The van der Waals surface area contributed by atoms with Crippen LogP contribution in [0.15, 0.2) is 42.2 Å². The lowest BCUT2D eigenvalue weighted by molar-refractivity contribution is 0.422. The van der Waals surface area contributed by atoms with Gasteiger partial charge in [-0.1, -0.05) is 30.3 Å². The molecule has 0 heterocycles. The maximum atomic E-state index is 10.9. The maximum absolute atomic E-state index is 10.9. The van der Waals surface area contributed by atoms with Crippen molar-refractivity contribution in [1.29, 1.82) is 0 Å². The summed E-state index contributed by atoms with van der Waals surface area (Å²) in [5.74, 6) is 1.61. The molecule has 1 aromatic rings. The van der Waals surface area contributed by atoms with Gasteiger partial charge in [-0.15, -0.1) is 4.52 Å². The number of allylic oxidation sites excluding steroid dienone is 1. The molecule has 2 nitrogen and oxygen atoms in total. The summed E-state index contributed by atoms with van der Waals surface area (Å²) in [4.78, 5) is 0. The van der Waals surface area contributed by atoms with E-state index < -0.39 is 8.03 Å². The Labute approximate surface area is 85.5 Å². The fourth-order valence-electron chi connectivity index (χ4n) is 1.12. The van der Waals surface area contributed by atoms with Crippen LogP contribution in [-0.2, 0) is 15.5 Å². The third-order valence-electron chi connectivity index (χ3n) is 1.85. The molecule has 74 valence electrons. The van der Waals surface area contributed by atoms with E-state index in [9.17, 15) is 4.57 Å². The highest BCUT2D eigenvalue weighted by Gasteiger charge is 2.05. The average molecular weight is 209 g/mol. The molecule has 1 unspecified atom stereocenters. The van der Waals surface area contributed by atoms with Crippen molar-refractivity contribution < 1.29 is 9.09 Å². The van der Waals surface area contributed by atoms with Gasteiger partial charge in [0.15, 0.2) is 5.82 Å². The van der Waals surface area contributed by atoms with Crippen molar-refractivity contribution in [2.45, 2.75) is 12.8 Å². The van der Waals surface area contributed by atoms with Crippen LogP contribution in [0, 0.1) is 0 Å². The zero-order valence-corrected chi connectivity index (χ0v) is 9.11. The molecule has 0 aliphatic carbocycles. The van der Waals surface area contributed by atoms with Crippen LogP contribution in [0.5, 0.6) is 0 Å². The number of rotatable bonds is 5. The van der Waals surface area contributed by atoms with Gasteiger partial charge in [-0.25, -0.2) is 0 Å². The number of benzene rings is 1. The van der Waals surface area contributed by atoms with E-state index >= 15 is 0 Å². The summed E-state index contributed by atoms with van der Waals surface area (Å²) in [6, 6.07) is 10.2. The zero-order chi connectivity index (χ0) is 10.2. The van der Waals surface area contributed by atoms with Crippen molar-refractivity contribution in [1.82, 2.24) is 0 Å². The van der Waals surface area contributed by atoms with E-state index in [1.165, 1.54) is 12.7 Å². The molecule has 0 aliphatic rings. The van der Waals surface area contributed by atoms with E-state index in [0.717, 1.165) is 12.8 Å². The topological polar surface area (TPSA) is 26.3 Å². The summed E-state index contributed by atoms with van der Waals surface area (Å²) < 4.78 is 15.5. The molecule has 0 radical (unpaired) electrons. The summed E-state index contributed by atoms with van der Waals surface area (Å²) in [5.41, 5.74) is 1.30. The molecule has 1 aromatic carbocycles. The molecule has 3 heteroatoms. The Morgan fingerprint density at radius 1 is 1.36 bits per heavy atom. The summed E-state index contributed by atoms with van der Waals surface area (Å²) >= 11 is 0. The van der Waals surface area contributed by atoms with Crippen LogP contribution in [0.25, 0.3) is 0 Å². The highest BCUT2D eigenvalue weighted by atomic mass is 31.1. The van der Waals surface area contributed by atoms with Gasteiger partial charge in [0.25, 0.3) is 0 Å². The summed E-state index contributed by atoms with van der Waals surface area (Å²) in [7, 11) is -0.145. The van der Waals surface area contributed by atoms with Gasteiger partial charge < -0.3 is 0 Å². The van der Waals surface area contributed by atoms with Crippen molar-refractivity contribution in [2.75, 3.05) is 7.11 Å². The van der Waals surface area contributed by atoms with Crippen LogP contribution in [0.1, 0.15) is 12.0 Å². The Hall–Kier alpha value is -0.980. The first-order chi connectivity index (χ1) is 6.83. The van der Waals surface area contributed by atoms with Gasteiger partial charge in [-0.3, -0.25) is 0 Å². The standard InChI is InChI=1S/C11H14O2P/c1-13-14(12)10-6-5-9-11-7-3-2-4-8-11/h2-4,6-8,10H,5,9H2,1H3/q+1. The predicted octanol–water partition coefficient (Wildman–Crippen LogP) is 3.52. The lowest BCUT2D eigenvalue weighted by atomic mass is 10.1. The SMILES string of the molecule is CO[P+](=O)C=CCCc1ccccc1. The normalized spacial score (nSPS) is 11.9. The Morgan fingerprint density at radius 2 is 2.07 bits per heavy atom. The minimum absolute atomic E-state index is 0.897. The van der Waals surface area contributed by atoms with Crippen molar-refractivity contribution in [3.05, 3.63) is 47.8 Å². The Balaban J connectivity index is 2.29. The molecule has 0 N–H and O–H groups in total. The van der Waals surface area contributed by atoms with Gasteiger partial charge in [0.2, 0.25) is 0 Å². The van der Waals surface area contributed by atoms with Crippen LogP contribution in [-0.4, -0.2) is 7.11 Å². The first-order valence-corrected chi connectivity index (χ1v) is 5.78. The highest BCUT2D eigenvalue weighted by molar-refractivity contribution is 7.42. The van der Waals surface area contributed by atoms with Gasteiger partial charge in [0, 0.05) is 0 Å². The molecule has 1 rings (SSSR count). The third-order valence-corrected chi connectivity index (χ3v) is 2.66. The quantitative estimate of drug-likeness (QED) is 0.693. The second-order valence-corrected chi connectivity index (χ2v) is 4.11. The van der Waals surface area contributed by atoms with Crippen LogP contribution < -0.4 is 0 Å². The molecular formula is C11H14O2P+. The van der Waals surface area contributed by atoms with Gasteiger partial charge in [-0.2, -0.15) is 0 Å². The van der Waals surface area contributed by atoms with Crippen LogP contribution in [0.3, 0.4) is 0 Å². The molecule has 0 saturated heterocycles. The summed E-state index contributed by atoms with van der Waals surface area (Å²) in [6.45, 7) is 0. The first kappa shape index (κ1) is 11.1. The molecule has 0 spiro atoms. The highest BCUT2D eigenvalue weighted by Crippen LogP contribution is 2.21. The van der Waals surface area contributed by atoms with E-state index in [2.05, 4.69) is 16.7 Å². The second-order valence-electron chi connectivity index (χ2n) is 2.88. The van der Waals surface area contributed by atoms with Crippen LogP contribution in [0.2, 0.25) is 0 Å². The van der Waals surface area contributed by atoms with Crippen molar-refractivity contribution >= 4 is 8.03 Å². The molecule has 0 amide bonds. The van der Waals surface area contributed by atoms with Crippen molar-refractivity contribution in [3.63, 3.8) is 0 Å². The lowest BCUT2D eigenvalue weighted by Gasteiger charge is -1.94. The third kappa shape index (κ3) is 4.31. The molecule has 14 heavy (non-hydrogen) atoms. The molecule has 1 atom stereocenters. The molecular weight excluding hydrogens is 195 g/mol. The van der Waals surface area contributed by atoms with E-state index in [-0.39, 0.29) is 0 Å².